The van der Waals surface area contributed by atoms with Gasteiger partial charge in [0.2, 0.25) is 0 Å². The van der Waals surface area contributed by atoms with Gasteiger partial charge in [0.25, 0.3) is 0 Å². The van der Waals surface area contributed by atoms with Gasteiger partial charge in [0.1, 0.15) is 0 Å². The molecule has 0 aliphatic heterocycles. The molecule has 2 aromatic rings. The number of benzene rings is 2. The molecule has 0 aliphatic rings. The Kier molecular flexibility index (Phi) is 5.78. The third kappa shape index (κ3) is 4.48. The Morgan fingerprint density at radius 1 is 0.850 bits per heavy atom. The zero-order valence-corrected chi connectivity index (χ0v) is 12.5. The van der Waals surface area contributed by atoms with Crippen molar-refractivity contribution in [3.63, 3.8) is 0 Å². The highest BCUT2D eigenvalue weighted by Crippen LogP contribution is 2.13. The van der Waals surface area contributed by atoms with Crippen LogP contribution in [0, 0.1) is 0 Å². The van der Waals surface area contributed by atoms with Crippen molar-refractivity contribution >= 4 is 0 Å². The van der Waals surface area contributed by atoms with Crippen LogP contribution < -0.4 is 5.32 Å². The first-order chi connectivity index (χ1) is 9.79. The average molecular weight is 268 g/mol. The minimum Gasteiger partial charge on any atom is -0.313 e. The molecule has 0 atom stereocenters. The molecule has 0 spiro atoms. The van der Waals surface area contributed by atoms with Crippen molar-refractivity contribution in [3.05, 3.63) is 71.3 Å². The van der Waals surface area contributed by atoms with E-state index in [1.54, 1.807) is 0 Å². The van der Waals surface area contributed by atoms with Gasteiger partial charge in [-0.3, -0.25) is 4.90 Å². The minimum absolute atomic E-state index is 0.950. The highest BCUT2D eigenvalue weighted by atomic mass is 15.1. The number of nitrogens with one attached hydrogen (secondary N) is 1. The van der Waals surface area contributed by atoms with E-state index in [0.717, 1.165) is 26.2 Å². The molecule has 2 nitrogen and oxygen atoms in total. The standard InChI is InChI=1S/C18H24N2/c1-3-19-13-17-11-7-8-12-18(17)15-20(2)14-16-9-5-4-6-10-16/h4-12,19H,3,13-15H2,1-2H3. The molecule has 106 valence electrons. The summed E-state index contributed by atoms with van der Waals surface area (Å²) in [5.41, 5.74) is 4.17. The minimum atomic E-state index is 0.950. The molecule has 0 fully saturated rings. The van der Waals surface area contributed by atoms with E-state index in [2.05, 4.69) is 78.8 Å². The first kappa shape index (κ1) is 14.8. The van der Waals surface area contributed by atoms with Crippen LogP contribution in [0.1, 0.15) is 23.6 Å². The Bertz CT molecular complexity index is 508. The third-order valence-electron chi connectivity index (χ3n) is 3.42. The van der Waals surface area contributed by atoms with Gasteiger partial charge in [0, 0.05) is 19.6 Å². The van der Waals surface area contributed by atoms with Crippen molar-refractivity contribution in [2.24, 2.45) is 0 Å². The summed E-state index contributed by atoms with van der Waals surface area (Å²) in [6.45, 7) is 6.07. The van der Waals surface area contributed by atoms with E-state index in [-0.39, 0.29) is 0 Å². The summed E-state index contributed by atoms with van der Waals surface area (Å²) < 4.78 is 0. The van der Waals surface area contributed by atoms with Crippen LogP contribution >= 0.6 is 0 Å². The molecule has 0 aromatic heterocycles. The lowest BCUT2D eigenvalue weighted by Gasteiger charge is -2.19. The summed E-state index contributed by atoms with van der Waals surface area (Å²) in [4.78, 5) is 2.36. The molecule has 2 rings (SSSR count). The number of hydrogen-bond acceptors (Lipinski definition) is 2. The Balaban J connectivity index is 1.98. The first-order valence-electron chi connectivity index (χ1n) is 7.29. The summed E-state index contributed by atoms with van der Waals surface area (Å²) in [5.74, 6) is 0. The van der Waals surface area contributed by atoms with Gasteiger partial charge in [-0.2, -0.15) is 0 Å². The van der Waals surface area contributed by atoms with E-state index < -0.39 is 0 Å². The Morgan fingerprint density at radius 2 is 1.50 bits per heavy atom. The van der Waals surface area contributed by atoms with E-state index in [9.17, 15) is 0 Å². The van der Waals surface area contributed by atoms with Crippen LogP contribution in [0.3, 0.4) is 0 Å². The summed E-state index contributed by atoms with van der Waals surface area (Å²) in [5, 5.41) is 3.41. The second kappa shape index (κ2) is 7.83. The highest BCUT2D eigenvalue weighted by Gasteiger charge is 2.05. The van der Waals surface area contributed by atoms with Crippen LogP contribution in [0.2, 0.25) is 0 Å². The topological polar surface area (TPSA) is 15.3 Å². The predicted molar refractivity (Wildman–Crippen MR) is 85.4 cm³/mol. The number of rotatable bonds is 7. The molecule has 0 saturated heterocycles. The maximum Gasteiger partial charge on any atom is 0.0237 e. The fraction of sp³-hybridized carbons (Fsp3) is 0.333. The van der Waals surface area contributed by atoms with Crippen molar-refractivity contribution in [2.45, 2.75) is 26.6 Å². The third-order valence-corrected chi connectivity index (χ3v) is 3.42. The van der Waals surface area contributed by atoms with Gasteiger partial charge >= 0.3 is 0 Å². The Hall–Kier alpha value is -1.64. The summed E-state index contributed by atoms with van der Waals surface area (Å²) in [6, 6.07) is 19.3. The maximum absolute atomic E-state index is 3.41. The summed E-state index contributed by atoms with van der Waals surface area (Å²) in [6.07, 6.45) is 0. The van der Waals surface area contributed by atoms with E-state index in [1.165, 1.54) is 16.7 Å². The lowest BCUT2D eigenvalue weighted by Crippen LogP contribution is -2.20. The van der Waals surface area contributed by atoms with Crippen LogP contribution in [-0.2, 0) is 19.6 Å². The molecule has 0 aliphatic carbocycles. The van der Waals surface area contributed by atoms with Crippen LogP contribution in [0.25, 0.3) is 0 Å². The summed E-state index contributed by atoms with van der Waals surface area (Å²) in [7, 11) is 2.18. The fourth-order valence-corrected chi connectivity index (χ4v) is 2.39. The van der Waals surface area contributed by atoms with Gasteiger partial charge in [-0.1, -0.05) is 61.5 Å². The Morgan fingerprint density at radius 3 is 2.20 bits per heavy atom. The monoisotopic (exact) mass is 268 g/mol. The molecule has 0 heterocycles. The van der Waals surface area contributed by atoms with Crippen molar-refractivity contribution in [1.82, 2.24) is 10.2 Å². The molecule has 0 radical (unpaired) electrons. The molecule has 20 heavy (non-hydrogen) atoms. The predicted octanol–water partition coefficient (Wildman–Crippen LogP) is 3.43. The van der Waals surface area contributed by atoms with Gasteiger partial charge in [-0.15, -0.1) is 0 Å². The van der Waals surface area contributed by atoms with Crippen molar-refractivity contribution in [2.75, 3.05) is 13.6 Å². The van der Waals surface area contributed by atoms with Gasteiger partial charge < -0.3 is 5.32 Å². The first-order valence-corrected chi connectivity index (χ1v) is 7.29. The van der Waals surface area contributed by atoms with E-state index >= 15 is 0 Å². The van der Waals surface area contributed by atoms with Crippen molar-refractivity contribution < 1.29 is 0 Å². The quantitative estimate of drug-likeness (QED) is 0.827. The van der Waals surface area contributed by atoms with Crippen LogP contribution in [0.15, 0.2) is 54.6 Å². The van der Waals surface area contributed by atoms with E-state index in [0.29, 0.717) is 0 Å². The molecule has 2 aromatic carbocycles. The van der Waals surface area contributed by atoms with Gasteiger partial charge in [0.15, 0.2) is 0 Å². The molecule has 0 saturated carbocycles. The van der Waals surface area contributed by atoms with Crippen molar-refractivity contribution in [1.29, 1.82) is 0 Å². The lowest BCUT2D eigenvalue weighted by atomic mass is 10.1. The molecule has 0 amide bonds. The van der Waals surface area contributed by atoms with Crippen LogP contribution in [0.4, 0.5) is 0 Å². The van der Waals surface area contributed by atoms with Crippen LogP contribution in [-0.4, -0.2) is 18.5 Å². The second-order valence-corrected chi connectivity index (χ2v) is 5.21. The number of nitrogens with zero attached hydrogens (tertiary/aromatic N) is 1. The fourth-order valence-electron chi connectivity index (χ4n) is 2.39. The van der Waals surface area contributed by atoms with Gasteiger partial charge in [-0.25, -0.2) is 0 Å². The van der Waals surface area contributed by atoms with Crippen molar-refractivity contribution in [3.8, 4) is 0 Å². The second-order valence-electron chi connectivity index (χ2n) is 5.21. The van der Waals surface area contributed by atoms with E-state index in [1.807, 2.05) is 0 Å². The molecule has 0 unspecified atom stereocenters. The highest BCUT2D eigenvalue weighted by molar-refractivity contribution is 5.27. The Labute approximate surface area is 122 Å². The molecule has 0 bridgehead atoms. The van der Waals surface area contributed by atoms with Gasteiger partial charge in [-0.05, 0) is 30.3 Å². The lowest BCUT2D eigenvalue weighted by molar-refractivity contribution is 0.318. The summed E-state index contributed by atoms with van der Waals surface area (Å²) >= 11 is 0. The zero-order chi connectivity index (χ0) is 14.2. The normalized spacial score (nSPS) is 10.9. The molecule has 2 heteroatoms. The number of hydrogen-bond donors (Lipinski definition) is 1. The smallest absolute Gasteiger partial charge is 0.0237 e. The largest absolute Gasteiger partial charge is 0.313 e. The maximum atomic E-state index is 3.41. The van der Waals surface area contributed by atoms with Crippen LogP contribution in [0.5, 0.6) is 0 Å². The molecular weight excluding hydrogens is 244 g/mol. The average Bonchev–Trinajstić information content (AvgIpc) is 2.47. The molecular formula is C18H24N2. The molecule has 1 N–H and O–H groups in total. The van der Waals surface area contributed by atoms with E-state index in [4.69, 9.17) is 0 Å². The van der Waals surface area contributed by atoms with Gasteiger partial charge in [0.05, 0.1) is 0 Å². The zero-order valence-electron chi connectivity index (χ0n) is 12.5. The SMILES string of the molecule is CCNCc1ccccc1CN(C)Cc1ccccc1.